The molecule has 1 rings (SSSR count). The van der Waals surface area contributed by atoms with Gasteiger partial charge in [0, 0.05) is 26.6 Å². The van der Waals surface area contributed by atoms with Crippen molar-refractivity contribution in [1.82, 2.24) is 4.90 Å². The summed E-state index contributed by atoms with van der Waals surface area (Å²) in [5, 5.41) is 8.66. The number of benzene rings is 1. The van der Waals surface area contributed by atoms with E-state index >= 15 is 0 Å². The van der Waals surface area contributed by atoms with E-state index in [9.17, 15) is 4.79 Å². The number of nitrogens with zero attached hydrogens (tertiary/aromatic N) is 1. The standard InChI is InChI=1S/C15H23NO2/c1-16(15(18)11-5-6-13-17)12-7-10-14-8-3-2-4-9-14/h2-4,8-9,17H,5-7,10-13H2,1H3. The highest BCUT2D eigenvalue weighted by Gasteiger charge is 2.07. The Morgan fingerprint density at radius 3 is 2.56 bits per heavy atom. The van der Waals surface area contributed by atoms with Gasteiger partial charge in [-0.25, -0.2) is 0 Å². The first kappa shape index (κ1) is 14.7. The number of hydrogen-bond acceptors (Lipinski definition) is 2. The first-order chi connectivity index (χ1) is 8.74. The SMILES string of the molecule is CN(CCCc1ccccc1)C(=O)CCCCO. The second-order valence-corrected chi connectivity index (χ2v) is 4.59. The lowest BCUT2D eigenvalue weighted by Gasteiger charge is -2.17. The fourth-order valence-electron chi connectivity index (χ4n) is 1.87. The number of aryl methyl sites for hydroxylation is 1. The molecule has 0 heterocycles. The van der Waals surface area contributed by atoms with Crippen molar-refractivity contribution in [3.8, 4) is 0 Å². The summed E-state index contributed by atoms with van der Waals surface area (Å²) >= 11 is 0. The highest BCUT2D eigenvalue weighted by molar-refractivity contribution is 5.75. The van der Waals surface area contributed by atoms with E-state index in [0.29, 0.717) is 12.8 Å². The van der Waals surface area contributed by atoms with Crippen LogP contribution in [0, 0.1) is 0 Å². The molecule has 0 radical (unpaired) electrons. The molecule has 0 saturated carbocycles. The first-order valence-corrected chi connectivity index (χ1v) is 6.63. The van der Waals surface area contributed by atoms with Gasteiger partial charge in [0.25, 0.3) is 0 Å². The zero-order valence-electron chi connectivity index (χ0n) is 11.1. The van der Waals surface area contributed by atoms with Crippen LogP contribution in [0.2, 0.25) is 0 Å². The number of carbonyl (C=O) groups is 1. The molecule has 0 spiro atoms. The smallest absolute Gasteiger partial charge is 0.222 e. The van der Waals surface area contributed by atoms with Gasteiger partial charge in [0.2, 0.25) is 5.91 Å². The maximum atomic E-state index is 11.7. The largest absolute Gasteiger partial charge is 0.396 e. The summed E-state index contributed by atoms with van der Waals surface area (Å²) in [6, 6.07) is 10.3. The van der Waals surface area contributed by atoms with E-state index in [4.69, 9.17) is 5.11 Å². The predicted molar refractivity (Wildman–Crippen MR) is 73.3 cm³/mol. The van der Waals surface area contributed by atoms with Crippen LogP contribution in [0.15, 0.2) is 30.3 Å². The Labute approximate surface area is 109 Å². The van der Waals surface area contributed by atoms with E-state index in [0.717, 1.165) is 25.8 Å². The van der Waals surface area contributed by atoms with Crippen molar-refractivity contribution in [1.29, 1.82) is 0 Å². The van der Waals surface area contributed by atoms with Crippen LogP contribution in [0.1, 0.15) is 31.2 Å². The van der Waals surface area contributed by atoms with Gasteiger partial charge in [-0.15, -0.1) is 0 Å². The molecule has 100 valence electrons. The molecule has 0 unspecified atom stereocenters. The summed E-state index contributed by atoms with van der Waals surface area (Å²) in [5.74, 6) is 0.177. The normalized spacial score (nSPS) is 10.3. The first-order valence-electron chi connectivity index (χ1n) is 6.63. The number of rotatable bonds is 8. The second-order valence-electron chi connectivity index (χ2n) is 4.59. The van der Waals surface area contributed by atoms with Crippen LogP contribution in [0.4, 0.5) is 0 Å². The van der Waals surface area contributed by atoms with Crippen molar-refractivity contribution >= 4 is 5.91 Å². The molecule has 0 aliphatic rings. The summed E-state index contributed by atoms with van der Waals surface area (Å²) in [6.07, 6.45) is 4.03. The highest BCUT2D eigenvalue weighted by Crippen LogP contribution is 2.04. The van der Waals surface area contributed by atoms with Crippen molar-refractivity contribution < 1.29 is 9.90 Å². The number of aliphatic hydroxyl groups excluding tert-OH is 1. The van der Waals surface area contributed by atoms with Crippen LogP contribution in [0.5, 0.6) is 0 Å². The Morgan fingerprint density at radius 1 is 1.17 bits per heavy atom. The van der Waals surface area contributed by atoms with Gasteiger partial charge in [-0.3, -0.25) is 4.79 Å². The van der Waals surface area contributed by atoms with Gasteiger partial charge in [0.1, 0.15) is 0 Å². The van der Waals surface area contributed by atoms with E-state index in [1.54, 1.807) is 4.90 Å². The Kier molecular flexibility index (Phi) is 7.11. The van der Waals surface area contributed by atoms with Gasteiger partial charge in [-0.1, -0.05) is 30.3 Å². The van der Waals surface area contributed by atoms with E-state index in [1.807, 2.05) is 25.2 Å². The minimum atomic E-state index is 0.172. The highest BCUT2D eigenvalue weighted by atomic mass is 16.3. The van der Waals surface area contributed by atoms with Crippen LogP contribution >= 0.6 is 0 Å². The molecule has 0 atom stereocenters. The quantitative estimate of drug-likeness (QED) is 0.718. The molecule has 3 nitrogen and oxygen atoms in total. The third-order valence-corrected chi connectivity index (χ3v) is 3.03. The molecule has 0 aromatic heterocycles. The van der Waals surface area contributed by atoms with E-state index < -0.39 is 0 Å². The van der Waals surface area contributed by atoms with E-state index in [2.05, 4.69) is 12.1 Å². The van der Waals surface area contributed by atoms with E-state index in [1.165, 1.54) is 5.56 Å². The maximum Gasteiger partial charge on any atom is 0.222 e. The maximum absolute atomic E-state index is 11.7. The Morgan fingerprint density at radius 2 is 1.89 bits per heavy atom. The fourth-order valence-corrected chi connectivity index (χ4v) is 1.87. The van der Waals surface area contributed by atoms with Crippen molar-refractivity contribution in [3.63, 3.8) is 0 Å². The van der Waals surface area contributed by atoms with Gasteiger partial charge in [0.15, 0.2) is 0 Å². The van der Waals surface area contributed by atoms with Crippen molar-refractivity contribution in [2.45, 2.75) is 32.1 Å². The van der Waals surface area contributed by atoms with Gasteiger partial charge >= 0.3 is 0 Å². The molecule has 0 aliphatic heterocycles. The number of amides is 1. The molecule has 1 N–H and O–H groups in total. The molecule has 1 aromatic carbocycles. The molecule has 0 saturated heterocycles. The van der Waals surface area contributed by atoms with Crippen molar-refractivity contribution in [2.75, 3.05) is 20.2 Å². The van der Waals surface area contributed by atoms with Crippen molar-refractivity contribution in [2.24, 2.45) is 0 Å². The number of carbonyl (C=O) groups excluding carboxylic acids is 1. The van der Waals surface area contributed by atoms with Crippen LogP contribution < -0.4 is 0 Å². The zero-order valence-corrected chi connectivity index (χ0v) is 11.1. The Bertz CT molecular complexity index is 338. The lowest BCUT2D eigenvalue weighted by Crippen LogP contribution is -2.27. The number of aliphatic hydroxyl groups is 1. The topological polar surface area (TPSA) is 40.5 Å². The molecule has 0 aliphatic carbocycles. The average molecular weight is 249 g/mol. The van der Waals surface area contributed by atoms with Crippen LogP contribution in [-0.4, -0.2) is 36.1 Å². The minimum Gasteiger partial charge on any atom is -0.396 e. The summed E-state index contributed by atoms with van der Waals surface area (Å²) in [6.45, 7) is 0.970. The molecular formula is C15H23NO2. The van der Waals surface area contributed by atoms with Crippen LogP contribution in [-0.2, 0) is 11.2 Å². The van der Waals surface area contributed by atoms with Gasteiger partial charge in [-0.2, -0.15) is 0 Å². The summed E-state index contributed by atoms with van der Waals surface area (Å²) in [5.41, 5.74) is 1.32. The third-order valence-electron chi connectivity index (χ3n) is 3.03. The van der Waals surface area contributed by atoms with Crippen LogP contribution in [0.3, 0.4) is 0 Å². The monoisotopic (exact) mass is 249 g/mol. The zero-order chi connectivity index (χ0) is 13.2. The number of unbranched alkanes of at least 4 members (excludes halogenated alkanes) is 1. The van der Waals surface area contributed by atoms with E-state index in [-0.39, 0.29) is 12.5 Å². The lowest BCUT2D eigenvalue weighted by atomic mass is 10.1. The Hall–Kier alpha value is -1.35. The Balaban J connectivity index is 2.16. The second kappa shape index (κ2) is 8.70. The molecular weight excluding hydrogens is 226 g/mol. The van der Waals surface area contributed by atoms with Crippen LogP contribution in [0.25, 0.3) is 0 Å². The molecule has 0 bridgehead atoms. The molecule has 1 aromatic rings. The summed E-state index contributed by atoms with van der Waals surface area (Å²) in [4.78, 5) is 13.5. The summed E-state index contributed by atoms with van der Waals surface area (Å²) < 4.78 is 0. The fraction of sp³-hybridized carbons (Fsp3) is 0.533. The minimum absolute atomic E-state index is 0.172. The summed E-state index contributed by atoms with van der Waals surface area (Å²) in [7, 11) is 1.85. The molecule has 3 heteroatoms. The lowest BCUT2D eigenvalue weighted by molar-refractivity contribution is -0.130. The van der Waals surface area contributed by atoms with Crippen molar-refractivity contribution in [3.05, 3.63) is 35.9 Å². The van der Waals surface area contributed by atoms with Gasteiger partial charge < -0.3 is 10.0 Å². The average Bonchev–Trinajstić information content (AvgIpc) is 2.40. The van der Waals surface area contributed by atoms with Gasteiger partial charge in [0.05, 0.1) is 0 Å². The van der Waals surface area contributed by atoms with Gasteiger partial charge in [-0.05, 0) is 31.2 Å². The number of hydrogen-bond donors (Lipinski definition) is 1. The third kappa shape index (κ3) is 5.82. The molecule has 18 heavy (non-hydrogen) atoms. The predicted octanol–water partition coefficient (Wildman–Crippen LogP) is 2.24. The molecule has 0 fully saturated rings. The molecule has 1 amide bonds.